The van der Waals surface area contributed by atoms with E-state index in [0.29, 0.717) is 11.3 Å². The number of urea groups is 1. The maximum atomic E-state index is 13.2. The van der Waals surface area contributed by atoms with Crippen molar-refractivity contribution < 1.29 is 24.2 Å². The molecule has 0 unspecified atom stereocenters. The van der Waals surface area contributed by atoms with E-state index in [9.17, 15) is 14.0 Å². The molecule has 20 heavy (non-hydrogen) atoms. The highest BCUT2D eigenvalue weighted by Crippen LogP contribution is 2.24. The van der Waals surface area contributed by atoms with Crippen molar-refractivity contribution in [3.05, 3.63) is 28.0 Å². The van der Waals surface area contributed by atoms with Crippen molar-refractivity contribution in [1.29, 1.82) is 0 Å². The Bertz CT molecular complexity index is 524. The number of carbonyl (C=O) groups excluding carboxylic acids is 1. The molecule has 1 aromatic rings. The molecular weight excluding hydrogens is 335 g/mol. The summed E-state index contributed by atoms with van der Waals surface area (Å²) in [5.74, 6) is -1.71. The Hall–Kier alpha value is -1.67. The minimum atomic E-state index is -1.24. The lowest BCUT2D eigenvalue weighted by molar-refractivity contribution is -0.139. The van der Waals surface area contributed by atoms with E-state index in [0.717, 1.165) is 0 Å². The fourth-order valence-corrected chi connectivity index (χ4v) is 1.83. The first-order valence-corrected chi connectivity index (χ1v) is 6.51. The van der Waals surface area contributed by atoms with E-state index in [1.165, 1.54) is 12.1 Å². The van der Waals surface area contributed by atoms with Gasteiger partial charge in [0.2, 0.25) is 0 Å². The molecule has 0 heterocycles. The molecule has 0 bridgehead atoms. The third-order valence-corrected chi connectivity index (χ3v) is 3.14. The third kappa shape index (κ3) is 4.46. The SMILES string of the molecule is Cc1cc(F)c(Br)cc1NC(=O)N[C@H](CCO)C(=O)O. The van der Waals surface area contributed by atoms with Crippen molar-refractivity contribution in [2.75, 3.05) is 11.9 Å². The molecule has 0 saturated heterocycles. The van der Waals surface area contributed by atoms with Gasteiger partial charge in [-0.25, -0.2) is 14.0 Å². The molecule has 0 saturated carbocycles. The number of carboxylic acid groups (broad SMARTS) is 1. The maximum Gasteiger partial charge on any atom is 0.326 e. The number of amides is 2. The number of hydrogen-bond acceptors (Lipinski definition) is 3. The van der Waals surface area contributed by atoms with Gasteiger partial charge in [0.1, 0.15) is 11.9 Å². The number of aliphatic carboxylic acids is 1. The van der Waals surface area contributed by atoms with Gasteiger partial charge < -0.3 is 20.8 Å². The number of carboxylic acids is 1. The summed E-state index contributed by atoms with van der Waals surface area (Å²) in [5, 5.41) is 22.2. The summed E-state index contributed by atoms with van der Waals surface area (Å²) in [5.41, 5.74) is 0.846. The summed E-state index contributed by atoms with van der Waals surface area (Å²) in [4.78, 5) is 22.5. The largest absolute Gasteiger partial charge is 0.480 e. The number of aryl methyl sites for hydroxylation is 1. The smallest absolute Gasteiger partial charge is 0.326 e. The van der Waals surface area contributed by atoms with Crippen LogP contribution >= 0.6 is 15.9 Å². The second-order valence-electron chi connectivity index (χ2n) is 4.08. The number of halogens is 2. The Morgan fingerprint density at radius 2 is 2.10 bits per heavy atom. The molecule has 110 valence electrons. The van der Waals surface area contributed by atoms with Gasteiger partial charge in [0.25, 0.3) is 0 Å². The quantitative estimate of drug-likeness (QED) is 0.652. The maximum absolute atomic E-state index is 13.2. The molecule has 1 rings (SSSR count). The first-order valence-electron chi connectivity index (χ1n) is 5.72. The molecule has 2 amide bonds. The highest BCUT2D eigenvalue weighted by molar-refractivity contribution is 9.10. The van der Waals surface area contributed by atoms with E-state index in [-0.39, 0.29) is 17.5 Å². The fraction of sp³-hybridized carbons (Fsp3) is 0.333. The zero-order valence-electron chi connectivity index (χ0n) is 10.6. The van der Waals surface area contributed by atoms with E-state index in [1.54, 1.807) is 6.92 Å². The van der Waals surface area contributed by atoms with Gasteiger partial charge in [0, 0.05) is 18.7 Å². The first-order chi connectivity index (χ1) is 9.35. The van der Waals surface area contributed by atoms with Crippen molar-refractivity contribution in [1.82, 2.24) is 5.32 Å². The van der Waals surface area contributed by atoms with Crippen LogP contribution in [0.2, 0.25) is 0 Å². The zero-order chi connectivity index (χ0) is 15.3. The molecule has 1 aromatic carbocycles. The number of anilines is 1. The molecule has 8 heteroatoms. The molecular formula is C12H14BrFN2O4. The summed E-state index contributed by atoms with van der Waals surface area (Å²) in [6.07, 6.45) is -0.102. The Morgan fingerprint density at radius 1 is 1.45 bits per heavy atom. The fourth-order valence-electron chi connectivity index (χ4n) is 1.48. The van der Waals surface area contributed by atoms with Gasteiger partial charge in [0.15, 0.2) is 0 Å². The van der Waals surface area contributed by atoms with Gasteiger partial charge in [-0.05, 0) is 40.5 Å². The van der Waals surface area contributed by atoms with E-state index >= 15 is 0 Å². The standard InChI is InChI=1S/C12H14BrFN2O4/c1-6-4-8(14)7(13)5-10(6)16-12(20)15-9(2-3-17)11(18)19/h4-5,9,17H,2-3H2,1H3,(H,18,19)(H2,15,16,20)/t9-/m1/s1. The number of rotatable bonds is 5. The van der Waals surface area contributed by atoms with E-state index < -0.39 is 23.9 Å². The number of aliphatic hydroxyl groups is 1. The molecule has 0 spiro atoms. The summed E-state index contributed by atoms with van der Waals surface area (Å²) in [7, 11) is 0. The van der Waals surface area contributed by atoms with Crippen molar-refractivity contribution in [3.8, 4) is 0 Å². The lowest BCUT2D eigenvalue weighted by atomic mass is 10.2. The predicted octanol–water partition coefficient (Wildman–Crippen LogP) is 1.85. The van der Waals surface area contributed by atoms with Crippen LogP contribution in [0, 0.1) is 12.7 Å². The van der Waals surface area contributed by atoms with E-state index in [4.69, 9.17) is 10.2 Å². The van der Waals surface area contributed by atoms with Crippen LogP contribution in [0.4, 0.5) is 14.9 Å². The number of aliphatic hydroxyl groups excluding tert-OH is 1. The minimum absolute atomic E-state index is 0.102. The molecule has 0 aliphatic carbocycles. The van der Waals surface area contributed by atoms with Crippen LogP contribution in [0.15, 0.2) is 16.6 Å². The molecule has 0 aromatic heterocycles. The lowest BCUT2D eigenvalue weighted by Gasteiger charge is -2.15. The molecule has 0 aliphatic heterocycles. The van der Waals surface area contributed by atoms with Crippen LogP contribution in [0.5, 0.6) is 0 Å². The Balaban J connectivity index is 2.75. The summed E-state index contributed by atoms with van der Waals surface area (Å²) < 4.78 is 13.4. The number of hydrogen-bond donors (Lipinski definition) is 4. The minimum Gasteiger partial charge on any atom is -0.480 e. The highest BCUT2D eigenvalue weighted by atomic mass is 79.9. The average Bonchev–Trinajstić information content (AvgIpc) is 2.35. The molecule has 6 nitrogen and oxygen atoms in total. The van der Waals surface area contributed by atoms with Crippen LogP contribution in [0.3, 0.4) is 0 Å². The zero-order valence-corrected chi connectivity index (χ0v) is 12.2. The van der Waals surface area contributed by atoms with Crippen LogP contribution < -0.4 is 10.6 Å². The normalized spacial score (nSPS) is 11.8. The Labute approximate surface area is 123 Å². The molecule has 0 aliphatic rings. The van der Waals surface area contributed by atoms with Crippen molar-refractivity contribution in [2.45, 2.75) is 19.4 Å². The Morgan fingerprint density at radius 3 is 2.65 bits per heavy atom. The summed E-state index contributed by atoms with van der Waals surface area (Å²) >= 11 is 3.00. The second kappa shape index (κ2) is 7.20. The van der Waals surface area contributed by atoms with Gasteiger partial charge in [-0.3, -0.25) is 0 Å². The third-order valence-electron chi connectivity index (χ3n) is 2.54. The topological polar surface area (TPSA) is 98.7 Å². The van der Waals surface area contributed by atoms with Gasteiger partial charge in [0.05, 0.1) is 4.47 Å². The molecule has 1 atom stereocenters. The highest BCUT2D eigenvalue weighted by Gasteiger charge is 2.19. The molecule has 0 radical (unpaired) electrons. The first kappa shape index (κ1) is 16.4. The summed E-state index contributed by atoms with van der Waals surface area (Å²) in [6.45, 7) is 1.24. The number of carbonyl (C=O) groups is 2. The number of benzene rings is 1. The molecule has 0 fully saturated rings. The Kier molecular flexibility index (Phi) is 5.90. The van der Waals surface area contributed by atoms with Crippen LogP contribution in [-0.2, 0) is 4.79 Å². The average molecular weight is 349 g/mol. The van der Waals surface area contributed by atoms with Gasteiger partial charge in [-0.15, -0.1) is 0 Å². The van der Waals surface area contributed by atoms with Crippen LogP contribution in [0.25, 0.3) is 0 Å². The van der Waals surface area contributed by atoms with Crippen LogP contribution in [0.1, 0.15) is 12.0 Å². The van der Waals surface area contributed by atoms with Crippen molar-refractivity contribution >= 4 is 33.6 Å². The van der Waals surface area contributed by atoms with Gasteiger partial charge in [-0.2, -0.15) is 0 Å². The van der Waals surface area contributed by atoms with E-state index in [1.807, 2.05) is 0 Å². The predicted molar refractivity (Wildman–Crippen MR) is 74.1 cm³/mol. The monoisotopic (exact) mass is 348 g/mol. The van der Waals surface area contributed by atoms with Crippen molar-refractivity contribution in [2.24, 2.45) is 0 Å². The lowest BCUT2D eigenvalue weighted by Crippen LogP contribution is -2.43. The summed E-state index contributed by atoms with van der Waals surface area (Å²) in [6, 6.07) is 0.686. The second-order valence-corrected chi connectivity index (χ2v) is 4.94. The van der Waals surface area contributed by atoms with Crippen molar-refractivity contribution in [3.63, 3.8) is 0 Å². The molecule has 4 N–H and O–H groups in total. The number of nitrogens with one attached hydrogen (secondary N) is 2. The van der Waals surface area contributed by atoms with Gasteiger partial charge >= 0.3 is 12.0 Å². The van der Waals surface area contributed by atoms with E-state index in [2.05, 4.69) is 26.6 Å². The van der Waals surface area contributed by atoms with Crippen LogP contribution in [-0.4, -0.2) is 34.9 Å². The van der Waals surface area contributed by atoms with Gasteiger partial charge in [-0.1, -0.05) is 0 Å².